The minimum Gasteiger partial charge on any atom is -0.476 e. The van der Waals surface area contributed by atoms with Crippen molar-refractivity contribution in [1.29, 1.82) is 0 Å². The van der Waals surface area contributed by atoms with Gasteiger partial charge in [0, 0.05) is 43.5 Å². The van der Waals surface area contributed by atoms with Crippen molar-refractivity contribution in [3.8, 4) is 5.75 Å². The zero-order chi connectivity index (χ0) is 25.8. The number of hydrogen-bond acceptors (Lipinski definition) is 6. The first-order valence-electron chi connectivity index (χ1n) is 11.9. The third-order valence-electron chi connectivity index (χ3n) is 6.29. The SMILES string of the molecule is C\C=C/C(=C\C=C\c1ncc(CN2CCc3ccc(OC4(C(=O)OC)CC4)cc3CC2)s1)C(F)(F)F. The maximum Gasteiger partial charge on any atom is 0.416 e. The molecule has 2 aliphatic rings. The minimum atomic E-state index is -4.39. The Bertz CT molecular complexity index is 1180. The molecule has 1 fully saturated rings. The second kappa shape index (κ2) is 11.0. The molecule has 0 bridgehead atoms. The number of hydrogen-bond donors (Lipinski definition) is 0. The monoisotopic (exact) mass is 518 g/mol. The Balaban J connectivity index is 1.35. The van der Waals surface area contributed by atoms with Crippen molar-refractivity contribution in [2.45, 2.75) is 50.9 Å². The van der Waals surface area contributed by atoms with Crippen LogP contribution < -0.4 is 4.74 Å². The van der Waals surface area contributed by atoms with Crippen molar-refractivity contribution in [2.24, 2.45) is 0 Å². The van der Waals surface area contributed by atoms with Crippen LogP contribution in [0.4, 0.5) is 13.2 Å². The molecule has 1 aliphatic carbocycles. The van der Waals surface area contributed by atoms with Gasteiger partial charge in [0.2, 0.25) is 5.60 Å². The summed E-state index contributed by atoms with van der Waals surface area (Å²) >= 11 is 1.48. The van der Waals surface area contributed by atoms with E-state index in [-0.39, 0.29) is 5.97 Å². The first kappa shape index (κ1) is 26.2. The van der Waals surface area contributed by atoms with Gasteiger partial charge in [0.25, 0.3) is 0 Å². The number of benzene rings is 1. The number of aromatic nitrogens is 1. The molecule has 1 aliphatic heterocycles. The second-order valence-electron chi connectivity index (χ2n) is 8.94. The van der Waals surface area contributed by atoms with Gasteiger partial charge >= 0.3 is 12.1 Å². The average molecular weight is 519 g/mol. The van der Waals surface area contributed by atoms with E-state index in [0.717, 1.165) is 49.5 Å². The number of nitrogens with zero attached hydrogens (tertiary/aromatic N) is 2. The summed E-state index contributed by atoms with van der Waals surface area (Å²) < 4.78 is 49.8. The fraction of sp³-hybridized carbons (Fsp3) is 0.407. The largest absolute Gasteiger partial charge is 0.476 e. The molecule has 0 amide bonds. The van der Waals surface area contributed by atoms with Gasteiger partial charge < -0.3 is 9.47 Å². The zero-order valence-corrected chi connectivity index (χ0v) is 21.1. The van der Waals surface area contributed by atoms with Gasteiger partial charge in [0.15, 0.2) is 0 Å². The molecule has 0 radical (unpaired) electrons. The maximum atomic E-state index is 13.0. The molecule has 0 N–H and O–H groups in total. The summed E-state index contributed by atoms with van der Waals surface area (Å²) in [5.74, 6) is 0.373. The summed E-state index contributed by atoms with van der Waals surface area (Å²) in [6.45, 7) is 4.04. The van der Waals surface area contributed by atoms with E-state index in [1.54, 1.807) is 19.2 Å². The average Bonchev–Trinajstić information content (AvgIpc) is 3.54. The molecule has 4 rings (SSSR count). The summed E-state index contributed by atoms with van der Waals surface area (Å²) in [4.78, 5) is 19.8. The number of alkyl halides is 3. The minimum absolute atomic E-state index is 0.322. The number of rotatable bonds is 8. The topological polar surface area (TPSA) is 51.7 Å². The van der Waals surface area contributed by atoms with Crippen LogP contribution >= 0.6 is 11.3 Å². The van der Waals surface area contributed by atoms with E-state index in [1.807, 2.05) is 12.1 Å². The molecule has 36 heavy (non-hydrogen) atoms. The number of halogens is 3. The van der Waals surface area contributed by atoms with Gasteiger partial charge in [-0.1, -0.05) is 24.3 Å². The Kier molecular flexibility index (Phi) is 8.00. The van der Waals surface area contributed by atoms with Crippen LogP contribution in [-0.2, 0) is 28.9 Å². The summed E-state index contributed by atoms with van der Waals surface area (Å²) in [5.41, 5.74) is 0.967. The lowest BCUT2D eigenvalue weighted by Gasteiger charge is -2.18. The Labute approximate surface area is 212 Å². The second-order valence-corrected chi connectivity index (χ2v) is 10.1. The number of fused-ring (bicyclic) bond motifs is 1. The van der Waals surface area contributed by atoms with Gasteiger partial charge in [-0.2, -0.15) is 13.2 Å². The highest BCUT2D eigenvalue weighted by Crippen LogP contribution is 2.41. The standard InChI is InChI=1S/C27H29F3N2O3S/c1-3-5-21(27(28,29)30)6-4-7-24-31-17-23(36-24)18-32-14-10-19-8-9-22(16-20(19)11-15-32)35-26(12-13-26)25(33)34-2/h3-9,16-17H,10-15,18H2,1-2H3/b5-3-,7-4+,21-6+. The number of ether oxygens (including phenoxy) is 2. The van der Waals surface area contributed by atoms with Crippen LogP contribution in [0.25, 0.3) is 6.08 Å². The molecule has 1 saturated carbocycles. The predicted molar refractivity (Wildman–Crippen MR) is 134 cm³/mol. The van der Waals surface area contributed by atoms with Gasteiger partial charge in [-0.05, 0) is 55.2 Å². The van der Waals surface area contributed by atoms with Crippen molar-refractivity contribution < 1.29 is 27.4 Å². The normalized spacial score (nSPS) is 18.3. The van der Waals surface area contributed by atoms with Crippen LogP contribution in [0, 0.1) is 0 Å². The Hall–Kier alpha value is -2.91. The third kappa shape index (κ3) is 6.44. The van der Waals surface area contributed by atoms with Gasteiger partial charge in [-0.3, -0.25) is 4.90 Å². The van der Waals surface area contributed by atoms with Gasteiger partial charge in [0.1, 0.15) is 10.8 Å². The van der Waals surface area contributed by atoms with Crippen LogP contribution in [0.3, 0.4) is 0 Å². The lowest BCUT2D eigenvalue weighted by molar-refractivity contribution is -0.151. The van der Waals surface area contributed by atoms with Gasteiger partial charge in [-0.25, -0.2) is 9.78 Å². The van der Waals surface area contributed by atoms with Crippen LogP contribution in [0.5, 0.6) is 5.75 Å². The maximum absolute atomic E-state index is 13.0. The number of esters is 1. The fourth-order valence-corrected chi connectivity index (χ4v) is 5.07. The fourth-order valence-electron chi connectivity index (χ4n) is 4.19. The predicted octanol–water partition coefficient (Wildman–Crippen LogP) is 5.91. The smallest absolute Gasteiger partial charge is 0.416 e. The highest BCUT2D eigenvalue weighted by Gasteiger charge is 2.54. The molecule has 0 atom stereocenters. The molecule has 1 aromatic heterocycles. The summed E-state index contributed by atoms with van der Waals surface area (Å²) in [6, 6.07) is 6.04. The molecule has 5 nitrogen and oxygen atoms in total. The number of carbonyl (C=O) groups is 1. The zero-order valence-electron chi connectivity index (χ0n) is 20.3. The molecule has 2 aromatic rings. The molecular formula is C27H29F3N2O3S. The molecule has 0 unspecified atom stereocenters. The van der Waals surface area contributed by atoms with E-state index in [0.29, 0.717) is 23.6 Å². The molecule has 0 saturated heterocycles. The lowest BCUT2D eigenvalue weighted by atomic mass is 10.0. The number of allylic oxidation sites excluding steroid dienone is 5. The van der Waals surface area contributed by atoms with Gasteiger partial charge in [0.05, 0.1) is 12.7 Å². The van der Waals surface area contributed by atoms with Crippen molar-refractivity contribution >= 4 is 23.4 Å². The highest BCUT2D eigenvalue weighted by atomic mass is 32.1. The van der Waals surface area contributed by atoms with Crippen molar-refractivity contribution in [3.63, 3.8) is 0 Å². The molecule has 1 aromatic carbocycles. The van der Waals surface area contributed by atoms with E-state index in [1.165, 1.54) is 41.7 Å². The number of carbonyl (C=O) groups excluding carboxylic acids is 1. The summed E-state index contributed by atoms with van der Waals surface area (Å²) in [6.07, 6.45) is 6.97. The van der Waals surface area contributed by atoms with Crippen LogP contribution in [0.2, 0.25) is 0 Å². The van der Waals surface area contributed by atoms with Crippen molar-refractivity contribution in [1.82, 2.24) is 9.88 Å². The van der Waals surface area contributed by atoms with Crippen molar-refractivity contribution in [3.05, 3.63) is 75.3 Å². The van der Waals surface area contributed by atoms with E-state index in [4.69, 9.17) is 9.47 Å². The van der Waals surface area contributed by atoms with Crippen LogP contribution in [-0.4, -0.2) is 47.8 Å². The Morgan fingerprint density at radius 3 is 2.64 bits per heavy atom. The third-order valence-corrected chi connectivity index (χ3v) is 7.23. The number of methoxy groups -OCH3 is 1. The quantitative estimate of drug-likeness (QED) is 0.321. The highest BCUT2D eigenvalue weighted by molar-refractivity contribution is 7.12. The Morgan fingerprint density at radius 2 is 1.97 bits per heavy atom. The first-order chi connectivity index (χ1) is 17.2. The number of thiazole rings is 1. The summed E-state index contributed by atoms with van der Waals surface area (Å²) in [7, 11) is 1.38. The van der Waals surface area contributed by atoms with E-state index in [9.17, 15) is 18.0 Å². The van der Waals surface area contributed by atoms with E-state index < -0.39 is 17.4 Å². The van der Waals surface area contributed by atoms with Crippen LogP contribution in [0.15, 0.2) is 54.3 Å². The molecule has 9 heteroatoms. The molecule has 0 spiro atoms. The lowest BCUT2D eigenvalue weighted by Crippen LogP contribution is -2.30. The van der Waals surface area contributed by atoms with E-state index >= 15 is 0 Å². The van der Waals surface area contributed by atoms with Crippen molar-refractivity contribution in [2.75, 3.05) is 20.2 Å². The summed E-state index contributed by atoms with van der Waals surface area (Å²) in [5, 5.41) is 0.669. The van der Waals surface area contributed by atoms with Crippen LogP contribution in [0.1, 0.15) is 40.8 Å². The van der Waals surface area contributed by atoms with Gasteiger partial charge in [-0.15, -0.1) is 11.3 Å². The Morgan fingerprint density at radius 1 is 1.22 bits per heavy atom. The molecular weight excluding hydrogens is 489 g/mol. The molecule has 2 heterocycles. The molecule has 192 valence electrons. The first-order valence-corrected chi connectivity index (χ1v) is 12.7. The van der Waals surface area contributed by atoms with E-state index in [2.05, 4.69) is 16.0 Å².